The van der Waals surface area contributed by atoms with Crippen molar-refractivity contribution in [2.75, 3.05) is 32.7 Å². The van der Waals surface area contributed by atoms with Crippen molar-refractivity contribution in [3.8, 4) is 0 Å². The molecule has 0 spiro atoms. The predicted octanol–water partition coefficient (Wildman–Crippen LogP) is 2.08. The molecule has 0 aromatic carbocycles. The number of hydrogen-bond acceptors (Lipinski definition) is 3. The minimum Gasteiger partial charge on any atom is -0.338 e. The smallest absolute Gasteiger partial charge is 0.237 e. The van der Waals surface area contributed by atoms with E-state index in [0.29, 0.717) is 30.3 Å². The number of nitrogens with two attached hydrogens (primary N) is 1. The standard InChI is InChI=1S/C18H33N3O/c1-14-8-10-20(12-16(14)11-19)13-18(22)21-9-4-6-15-5-2-3-7-17(15)21/h14-17H,2-13,19H2,1H3. The van der Waals surface area contributed by atoms with Crippen molar-refractivity contribution in [2.24, 2.45) is 23.5 Å². The van der Waals surface area contributed by atoms with Crippen molar-refractivity contribution >= 4 is 5.91 Å². The van der Waals surface area contributed by atoms with Gasteiger partial charge in [-0.15, -0.1) is 0 Å². The monoisotopic (exact) mass is 307 g/mol. The second-order valence-corrected chi connectivity index (χ2v) is 7.84. The van der Waals surface area contributed by atoms with Gasteiger partial charge in [-0.05, 0) is 62.9 Å². The zero-order chi connectivity index (χ0) is 15.5. The van der Waals surface area contributed by atoms with E-state index in [1.807, 2.05) is 0 Å². The first kappa shape index (κ1) is 16.3. The maximum absolute atomic E-state index is 12.9. The molecule has 3 aliphatic rings. The Morgan fingerprint density at radius 3 is 2.68 bits per heavy atom. The summed E-state index contributed by atoms with van der Waals surface area (Å²) < 4.78 is 0. The quantitative estimate of drug-likeness (QED) is 0.868. The van der Waals surface area contributed by atoms with Gasteiger partial charge < -0.3 is 10.6 Å². The van der Waals surface area contributed by atoms with E-state index in [0.717, 1.165) is 32.1 Å². The van der Waals surface area contributed by atoms with Crippen molar-refractivity contribution in [2.45, 2.75) is 57.9 Å². The van der Waals surface area contributed by atoms with Gasteiger partial charge in [0.05, 0.1) is 6.54 Å². The SMILES string of the molecule is CC1CCN(CC(=O)N2CCCC3CCCCC32)CC1CN. The Morgan fingerprint density at radius 1 is 1.09 bits per heavy atom. The lowest BCUT2D eigenvalue weighted by Crippen LogP contribution is -2.54. The van der Waals surface area contributed by atoms with Crippen LogP contribution in [0.2, 0.25) is 0 Å². The summed E-state index contributed by atoms with van der Waals surface area (Å²) in [5.41, 5.74) is 5.89. The minimum absolute atomic E-state index is 0.377. The van der Waals surface area contributed by atoms with E-state index < -0.39 is 0 Å². The number of amides is 1. The maximum Gasteiger partial charge on any atom is 0.237 e. The van der Waals surface area contributed by atoms with Gasteiger partial charge in [-0.25, -0.2) is 0 Å². The third-order valence-corrected chi connectivity index (χ3v) is 6.42. The Hall–Kier alpha value is -0.610. The van der Waals surface area contributed by atoms with Crippen molar-refractivity contribution in [3.05, 3.63) is 0 Å². The summed E-state index contributed by atoms with van der Waals surface area (Å²) in [5.74, 6) is 2.42. The van der Waals surface area contributed by atoms with Crippen molar-refractivity contribution in [1.29, 1.82) is 0 Å². The van der Waals surface area contributed by atoms with Crippen LogP contribution in [-0.2, 0) is 4.79 Å². The molecule has 2 heterocycles. The van der Waals surface area contributed by atoms with Gasteiger partial charge in [-0.3, -0.25) is 9.69 Å². The molecule has 0 radical (unpaired) electrons. The van der Waals surface area contributed by atoms with Crippen LogP contribution in [0.15, 0.2) is 0 Å². The first-order valence-corrected chi connectivity index (χ1v) is 9.41. The van der Waals surface area contributed by atoms with E-state index in [1.54, 1.807) is 0 Å². The fourth-order valence-electron chi connectivity index (χ4n) is 4.89. The predicted molar refractivity (Wildman–Crippen MR) is 89.5 cm³/mol. The number of nitrogens with zero attached hydrogens (tertiary/aromatic N) is 2. The zero-order valence-electron chi connectivity index (χ0n) is 14.2. The summed E-state index contributed by atoms with van der Waals surface area (Å²) in [4.78, 5) is 17.4. The molecule has 2 saturated heterocycles. The molecular formula is C18H33N3O. The second kappa shape index (κ2) is 7.31. The van der Waals surface area contributed by atoms with Gasteiger partial charge >= 0.3 is 0 Å². The van der Waals surface area contributed by atoms with Crippen molar-refractivity contribution in [1.82, 2.24) is 9.80 Å². The Balaban J connectivity index is 1.56. The highest BCUT2D eigenvalue weighted by molar-refractivity contribution is 5.78. The number of hydrogen-bond donors (Lipinski definition) is 1. The molecule has 0 aromatic rings. The van der Waals surface area contributed by atoms with E-state index in [9.17, 15) is 4.79 Å². The van der Waals surface area contributed by atoms with Gasteiger partial charge in [0, 0.05) is 19.1 Å². The minimum atomic E-state index is 0.377. The molecular weight excluding hydrogens is 274 g/mol. The van der Waals surface area contributed by atoms with Crippen LogP contribution in [-0.4, -0.2) is 54.5 Å². The Morgan fingerprint density at radius 2 is 1.86 bits per heavy atom. The molecule has 3 rings (SSSR count). The molecule has 4 heteroatoms. The van der Waals surface area contributed by atoms with E-state index in [-0.39, 0.29) is 0 Å². The summed E-state index contributed by atoms with van der Waals surface area (Å²) in [6, 6.07) is 0.545. The average molecular weight is 307 g/mol. The third-order valence-electron chi connectivity index (χ3n) is 6.42. The van der Waals surface area contributed by atoms with Gasteiger partial charge in [0.1, 0.15) is 0 Å². The average Bonchev–Trinajstić information content (AvgIpc) is 2.56. The Labute approximate surface area is 135 Å². The van der Waals surface area contributed by atoms with E-state index in [4.69, 9.17) is 5.73 Å². The molecule has 22 heavy (non-hydrogen) atoms. The maximum atomic E-state index is 12.9. The molecule has 2 aliphatic heterocycles. The molecule has 3 fully saturated rings. The summed E-state index contributed by atoms with van der Waals surface area (Å²) in [6.45, 7) is 6.72. The highest BCUT2D eigenvalue weighted by Crippen LogP contribution is 2.35. The molecule has 0 aromatic heterocycles. The number of likely N-dealkylation sites (tertiary alicyclic amines) is 2. The van der Waals surface area contributed by atoms with Crippen LogP contribution in [0.3, 0.4) is 0 Å². The highest BCUT2D eigenvalue weighted by Gasteiger charge is 2.36. The summed E-state index contributed by atoms with van der Waals surface area (Å²) in [6.07, 6.45) is 8.97. The molecule has 4 unspecified atom stereocenters. The second-order valence-electron chi connectivity index (χ2n) is 7.84. The Kier molecular flexibility index (Phi) is 5.40. The molecule has 126 valence electrons. The lowest BCUT2D eigenvalue weighted by Gasteiger charge is -2.45. The van der Waals surface area contributed by atoms with Gasteiger partial charge in [-0.1, -0.05) is 19.8 Å². The van der Waals surface area contributed by atoms with Crippen molar-refractivity contribution < 1.29 is 4.79 Å². The molecule has 0 bridgehead atoms. The third kappa shape index (κ3) is 3.48. The largest absolute Gasteiger partial charge is 0.338 e. The van der Waals surface area contributed by atoms with E-state index in [1.165, 1.54) is 44.9 Å². The summed E-state index contributed by atoms with van der Waals surface area (Å²) in [5, 5.41) is 0. The number of carbonyl (C=O) groups is 1. The summed E-state index contributed by atoms with van der Waals surface area (Å²) >= 11 is 0. The van der Waals surface area contributed by atoms with Crippen LogP contribution in [0.5, 0.6) is 0 Å². The van der Waals surface area contributed by atoms with Gasteiger partial charge in [0.25, 0.3) is 0 Å². The normalized spacial score (nSPS) is 36.9. The lowest BCUT2D eigenvalue weighted by atomic mass is 9.78. The molecule has 4 nitrogen and oxygen atoms in total. The topological polar surface area (TPSA) is 49.6 Å². The van der Waals surface area contributed by atoms with Crippen LogP contribution in [0.4, 0.5) is 0 Å². The Bertz CT molecular complexity index is 385. The van der Waals surface area contributed by atoms with Crippen molar-refractivity contribution in [3.63, 3.8) is 0 Å². The summed E-state index contributed by atoms with van der Waals surface area (Å²) in [7, 11) is 0. The van der Waals surface area contributed by atoms with Crippen LogP contribution >= 0.6 is 0 Å². The van der Waals surface area contributed by atoms with E-state index >= 15 is 0 Å². The van der Waals surface area contributed by atoms with Crippen LogP contribution in [0, 0.1) is 17.8 Å². The highest BCUT2D eigenvalue weighted by atomic mass is 16.2. The lowest BCUT2D eigenvalue weighted by molar-refractivity contribution is -0.139. The van der Waals surface area contributed by atoms with Gasteiger partial charge in [0.15, 0.2) is 0 Å². The number of fused-ring (bicyclic) bond motifs is 1. The number of carbonyl (C=O) groups excluding carboxylic acids is 1. The van der Waals surface area contributed by atoms with E-state index in [2.05, 4.69) is 16.7 Å². The van der Waals surface area contributed by atoms with Crippen LogP contribution in [0.25, 0.3) is 0 Å². The van der Waals surface area contributed by atoms with Gasteiger partial charge in [0.2, 0.25) is 5.91 Å². The first-order valence-electron chi connectivity index (χ1n) is 9.41. The number of rotatable bonds is 3. The molecule has 2 N–H and O–H groups in total. The fourth-order valence-corrected chi connectivity index (χ4v) is 4.89. The van der Waals surface area contributed by atoms with Gasteiger partial charge in [-0.2, -0.15) is 0 Å². The molecule has 1 saturated carbocycles. The first-order chi connectivity index (χ1) is 10.7. The zero-order valence-corrected chi connectivity index (χ0v) is 14.2. The van der Waals surface area contributed by atoms with Crippen LogP contribution in [0.1, 0.15) is 51.9 Å². The van der Waals surface area contributed by atoms with Crippen LogP contribution < -0.4 is 5.73 Å². The molecule has 1 aliphatic carbocycles. The fraction of sp³-hybridized carbons (Fsp3) is 0.944. The molecule has 4 atom stereocenters. The molecule has 1 amide bonds. The number of piperidine rings is 2.